The number of amides is 2. The van der Waals surface area contributed by atoms with Gasteiger partial charge in [-0.2, -0.15) is 0 Å². The maximum atomic E-state index is 11.6. The van der Waals surface area contributed by atoms with Crippen LogP contribution in [-0.4, -0.2) is 36.6 Å². The van der Waals surface area contributed by atoms with Crippen LogP contribution in [0.5, 0.6) is 0 Å². The first-order valence-corrected chi connectivity index (χ1v) is 6.45. The summed E-state index contributed by atoms with van der Waals surface area (Å²) in [6.07, 6.45) is 6.21. The molecule has 1 aliphatic heterocycles. The molecule has 2 fully saturated rings. The molecule has 5 nitrogen and oxygen atoms in total. The van der Waals surface area contributed by atoms with Gasteiger partial charge in [0.1, 0.15) is 0 Å². The Labute approximate surface area is 101 Å². The summed E-state index contributed by atoms with van der Waals surface area (Å²) in [5.74, 6) is 0.361. The van der Waals surface area contributed by atoms with E-state index in [-0.39, 0.29) is 18.4 Å². The van der Waals surface area contributed by atoms with E-state index >= 15 is 0 Å². The Morgan fingerprint density at radius 2 is 2.00 bits per heavy atom. The van der Waals surface area contributed by atoms with Crippen LogP contribution in [0.2, 0.25) is 0 Å². The van der Waals surface area contributed by atoms with Gasteiger partial charge in [0.25, 0.3) is 5.91 Å². The topological polar surface area (TPSA) is 58.6 Å². The lowest BCUT2D eigenvalue weighted by Crippen LogP contribution is -2.38. The van der Waals surface area contributed by atoms with E-state index in [0.717, 1.165) is 19.3 Å². The molecule has 0 spiro atoms. The van der Waals surface area contributed by atoms with Gasteiger partial charge in [0.15, 0.2) is 0 Å². The second-order valence-corrected chi connectivity index (χ2v) is 4.81. The molecule has 0 bridgehead atoms. The molecule has 1 N–H and O–H groups in total. The number of carbonyl (C=O) groups is 2. The molecule has 0 aromatic carbocycles. The second-order valence-electron chi connectivity index (χ2n) is 4.81. The van der Waals surface area contributed by atoms with Gasteiger partial charge in [0.2, 0.25) is 5.91 Å². The van der Waals surface area contributed by atoms with Gasteiger partial charge < -0.3 is 5.32 Å². The molecule has 1 saturated carbocycles. The van der Waals surface area contributed by atoms with E-state index in [9.17, 15) is 9.59 Å². The number of carbonyl (C=O) groups excluding carboxylic acids is 2. The van der Waals surface area contributed by atoms with Crippen molar-refractivity contribution < 1.29 is 14.4 Å². The van der Waals surface area contributed by atoms with Crippen molar-refractivity contribution in [1.82, 2.24) is 10.4 Å². The van der Waals surface area contributed by atoms with Crippen molar-refractivity contribution in [2.45, 2.75) is 38.5 Å². The summed E-state index contributed by atoms with van der Waals surface area (Å²) in [5, 5.41) is 4.02. The highest BCUT2D eigenvalue weighted by atomic mass is 16.7. The van der Waals surface area contributed by atoms with Crippen molar-refractivity contribution in [2.24, 2.45) is 5.92 Å². The molecule has 0 unspecified atom stereocenters. The van der Waals surface area contributed by atoms with E-state index in [1.165, 1.54) is 17.9 Å². The van der Waals surface area contributed by atoms with Crippen LogP contribution < -0.4 is 5.32 Å². The molecule has 2 aliphatic rings. The Morgan fingerprint density at radius 1 is 1.24 bits per heavy atom. The van der Waals surface area contributed by atoms with Crippen LogP contribution in [0, 0.1) is 5.92 Å². The summed E-state index contributed by atoms with van der Waals surface area (Å²) in [4.78, 5) is 28.3. The molecule has 17 heavy (non-hydrogen) atoms. The van der Waals surface area contributed by atoms with Crippen molar-refractivity contribution in [1.29, 1.82) is 0 Å². The molecule has 1 heterocycles. The highest BCUT2D eigenvalue weighted by Crippen LogP contribution is 2.27. The highest BCUT2D eigenvalue weighted by molar-refractivity contribution is 5.84. The molecule has 96 valence electrons. The van der Waals surface area contributed by atoms with Crippen molar-refractivity contribution in [3.63, 3.8) is 0 Å². The average Bonchev–Trinajstić information content (AvgIpc) is 2.97. The standard InChI is InChI=1S/C12H20N2O3/c15-11(8-10-4-1-2-5-10)13-9-12(16)14-6-3-7-17-14/h10H,1-9H2,(H,13,15). The Kier molecular flexibility index (Phi) is 4.36. The summed E-state index contributed by atoms with van der Waals surface area (Å²) >= 11 is 0. The zero-order chi connectivity index (χ0) is 12.1. The zero-order valence-corrected chi connectivity index (χ0v) is 10.1. The van der Waals surface area contributed by atoms with E-state index in [1.54, 1.807) is 0 Å². The Hall–Kier alpha value is -1.10. The lowest BCUT2D eigenvalue weighted by Gasteiger charge is -2.14. The summed E-state index contributed by atoms with van der Waals surface area (Å²) in [7, 11) is 0. The largest absolute Gasteiger partial charge is 0.347 e. The molecule has 5 heteroatoms. The van der Waals surface area contributed by atoms with E-state index in [4.69, 9.17) is 4.84 Å². The van der Waals surface area contributed by atoms with E-state index in [0.29, 0.717) is 25.5 Å². The van der Waals surface area contributed by atoms with Crippen LogP contribution in [0.3, 0.4) is 0 Å². The number of nitrogens with zero attached hydrogens (tertiary/aromatic N) is 1. The van der Waals surface area contributed by atoms with Crippen molar-refractivity contribution in [2.75, 3.05) is 19.7 Å². The second kappa shape index (κ2) is 6.00. The first kappa shape index (κ1) is 12.4. The predicted molar refractivity (Wildman–Crippen MR) is 61.9 cm³/mol. The van der Waals surface area contributed by atoms with E-state index in [1.807, 2.05) is 0 Å². The molecule has 1 saturated heterocycles. The van der Waals surface area contributed by atoms with Crippen LogP contribution in [0.4, 0.5) is 0 Å². The quantitative estimate of drug-likeness (QED) is 0.792. The van der Waals surface area contributed by atoms with Crippen molar-refractivity contribution in [3.05, 3.63) is 0 Å². The van der Waals surface area contributed by atoms with Gasteiger partial charge in [-0.25, -0.2) is 5.06 Å². The van der Waals surface area contributed by atoms with Gasteiger partial charge in [0, 0.05) is 6.42 Å². The van der Waals surface area contributed by atoms with Crippen LogP contribution in [0.25, 0.3) is 0 Å². The molecular formula is C12H20N2O3. The van der Waals surface area contributed by atoms with E-state index in [2.05, 4.69) is 5.32 Å². The Bertz CT molecular complexity index is 281. The predicted octanol–water partition coefficient (Wildman–Crippen LogP) is 0.847. The third kappa shape index (κ3) is 3.70. The fourth-order valence-corrected chi connectivity index (χ4v) is 2.46. The third-order valence-corrected chi connectivity index (χ3v) is 3.42. The summed E-state index contributed by atoms with van der Waals surface area (Å²) in [5.41, 5.74) is 0. The first-order chi connectivity index (χ1) is 8.25. The number of hydrogen-bond donors (Lipinski definition) is 1. The van der Waals surface area contributed by atoms with Gasteiger partial charge in [-0.3, -0.25) is 14.4 Å². The SMILES string of the molecule is O=C(CC1CCCC1)NCC(=O)N1CCCO1. The molecule has 0 radical (unpaired) electrons. The van der Waals surface area contributed by atoms with Gasteiger partial charge in [-0.1, -0.05) is 12.8 Å². The highest BCUT2D eigenvalue weighted by Gasteiger charge is 2.21. The molecule has 0 aromatic heterocycles. The summed E-state index contributed by atoms with van der Waals surface area (Å²) in [6.45, 7) is 1.30. The minimum Gasteiger partial charge on any atom is -0.347 e. The smallest absolute Gasteiger partial charge is 0.265 e. The molecule has 0 aromatic rings. The van der Waals surface area contributed by atoms with Gasteiger partial charge in [0.05, 0.1) is 19.7 Å². The molecule has 1 aliphatic carbocycles. The fraction of sp³-hybridized carbons (Fsp3) is 0.833. The van der Waals surface area contributed by atoms with Crippen molar-refractivity contribution in [3.8, 4) is 0 Å². The summed E-state index contributed by atoms with van der Waals surface area (Å²) in [6, 6.07) is 0. The maximum Gasteiger partial charge on any atom is 0.265 e. The van der Waals surface area contributed by atoms with Gasteiger partial charge in [-0.15, -0.1) is 0 Å². The Morgan fingerprint density at radius 3 is 2.65 bits per heavy atom. The number of hydrogen-bond acceptors (Lipinski definition) is 3. The lowest BCUT2D eigenvalue weighted by atomic mass is 10.0. The first-order valence-electron chi connectivity index (χ1n) is 6.45. The van der Waals surface area contributed by atoms with Gasteiger partial charge in [-0.05, 0) is 25.2 Å². The third-order valence-electron chi connectivity index (χ3n) is 3.42. The molecule has 0 atom stereocenters. The molecule has 2 rings (SSSR count). The number of nitrogens with one attached hydrogen (secondary N) is 1. The minimum atomic E-state index is -0.151. The number of rotatable bonds is 4. The van der Waals surface area contributed by atoms with Crippen LogP contribution in [0.1, 0.15) is 38.5 Å². The monoisotopic (exact) mass is 240 g/mol. The fourth-order valence-electron chi connectivity index (χ4n) is 2.46. The van der Waals surface area contributed by atoms with Crippen LogP contribution in [0.15, 0.2) is 0 Å². The molecule has 2 amide bonds. The Balaban J connectivity index is 1.63. The van der Waals surface area contributed by atoms with Gasteiger partial charge >= 0.3 is 0 Å². The minimum absolute atomic E-state index is 0.00977. The average molecular weight is 240 g/mol. The normalized spacial score (nSPS) is 20.8. The lowest BCUT2D eigenvalue weighted by molar-refractivity contribution is -0.168. The zero-order valence-electron chi connectivity index (χ0n) is 10.1. The molecular weight excluding hydrogens is 220 g/mol. The number of hydroxylamine groups is 2. The van der Waals surface area contributed by atoms with Crippen LogP contribution >= 0.6 is 0 Å². The van der Waals surface area contributed by atoms with Crippen LogP contribution in [-0.2, 0) is 14.4 Å². The maximum absolute atomic E-state index is 11.6. The van der Waals surface area contributed by atoms with E-state index < -0.39 is 0 Å². The summed E-state index contributed by atoms with van der Waals surface area (Å²) < 4.78 is 0. The van der Waals surface area contributed by atoms with Crippen molar-refractivity contribution >= 4 is 11.8 Å².